The number of hydrogen-bond donors (Lipinski definition) is 1. The first-order valence-corrected chi connectivity index (χ1v) is 7.50. The molecule has 3 rings (SSSR count). The van der Waals surface area contributed by atoms with Crippen molar-refractivity contribution in [1.82, 2.24) is 20.1 Å². The van der Waals surface area contributed by atoms with Crippen LogP contribution in [0.4, 0.5) is 0 Å². The highest BCUT2D eigenvalue weighted by molar-refractivity contribution is 5.35. The maximum absolute atomic E-state index is 4.52. The van der Waals surface area contributed by atoms with Crippen LogP contribution in [0.15, 0.2) is 30.3 Å². The van der Waals surface area contributed by atoms with E-state index >= 15 is 0 Å². The van der Waals surface area contributed by atoms with E-state index in [4.69, 9.17) is 0 Å². The number of rotatable bonds is 4. The average Bonchev–Trinajstić information content (AvgIpc) is 3.08. The second-order valence-corrected chi connectivity index (χ2v) is 5.60. The summed E-state index contributed by atoms with van der Waals surface area (Å²) in [5.74, 6) is 2.02. The molecule has 0 bridgehead atoms. The van der Waals surface area contributed by atoms with Gasteiger partial charge >= 0.3 is 0 Å². The minimum atomic E-state index is -0.00808. The fourth-order valence-electron chi connectivity index (χ4n) is 3.31. The maximum atomic E-state index is 4.52. The van der Waals surface area contributed by atoms with E-state index in [9.17, 15) is 0 Å². The Balaban J connectivity index is 2.11. The third-order valence-electron chi connectivity index (χ3n) is 4.19. The summed E-state index contributed by atoms with van der Waals surface area (Å²) in [5.41, 5.74) is 1.14. The first kappa shape index (κ1) is 13.3. The summed E-state index contributed by atoms with van der Waals surface area (Å²) in [6.07, 6.45) is 4.61. The quantitative estimate of drug-likeness (QED) is 0.929. The molecule has 1 aliphatic rings. The van der Waals surface area contributed by atoms with Gasteiger partial charge in [-0.3, -0.25) is 4.57 Å². The van der Waals surface area contributed by atoms with Gasteiger partial charge in [-0.25, -0.2) is 0 Å². The number of nitrogens with zero attached hydrogens (tertiary/aromatic N) is 3. The molecule has 0 spiro atoms. The zero-order valence-corrected chi connectivity index (χ0v) is 12.3. The van der Waals surface area contributed by atoms with Gasteiger partial charge in [0.2, 0.25) is 0 Å². The average molecular weight is 270 g/mol. The van der Waals surface area contributed by atoms with Crippen molar-refractivity contribution in [3.63, 3.8) is 0 Å². The standard InChI is InChI=1S/C16H22N4/c1-3-10-16(11-7-12-17-16)15-19-18-13(2)20(15)14-8-5-4-6-9-14/h4-6,8-9,17H,3,7,10-12H2,1-2H3. The van der Waals surface area contributed by atoms with Crippen LogP contribution in [0.2, 0.25) is 0 Å². The van der Waals surface area contributed by atoms with E-state index in [2.05, 4.69) is 51.3 Å². The maximum Gasteiger partial charge on any atom is 0.157 e. The van der Waals surface area contributed by atoms with Crippen LogP contribution in [0, 0.1) is 6.92 Å². The number of para-hydroxylation sites is 1. The van der Waals surface area contributed by atoms with E-state index in [-0.39, 0.29) is 5.54 Å². The molecule has 0 aliphatic carbocycles. The summed E-state index contributed by atoms with van der Waals surface area (Å²) in [4.78, 5) is 0. The minimum Gasteiger partial charge on any atom is -0.305 e. The van der Waals surface area contributed by atoms with Crippen molar-refractivity contribution in [3.05, 3.63) is 42.0 Å². The highest BCUT2D eigenvalue weighted by Gasteiger charge is 2.39. The van der Waals surface area contributed by atoms with Crippen molar-refractivity contribution < 1.29 is 0 Å². The smallest absolute Gasteiger partial charge is 0.157 e. The molecule has 0 saturated carbocycles. The Morgan fingerprint density at radius 2 is 2.05 bits per heavy atom. The molecule has 1 N–H and O–H groups in total. The lowest BCUT2D eigenvalue weighted by molar-refractivity contribution is 0.329. The van der Waals surface area contributed by atoms with E-state index in [1.54, 1.807) is 0 Å². The Kier molecular flexibility index (Phi) is 3.57. The summed E-state index contributed by atoms with van der Waals surface area (Å²) in [7, 11) is 0. The van der Waals surface area contributed by atoms with E-state index in [0.717, 1.165) is 43.1 Å². The Morgan fingerprint density at radius 3 is 2.70 bits per heavy atom. The SMILES string of the molecule is CCCC1(c2nnc(C)n2-c2ccccc2)CCCN1. The predicted octanol–water partition coefficient (Wildman–Crippen LogP) is 2.95. The first-order chi connectivity index (χ1) is 9.77. The highest BCUT2D eigenvalue weighted by atomic mass is 15.3. The van der Waals surface area contributed by atoms with Crippen molar-refractivity contribution in [3.8, 4) is 5.69 Å². The summed E-state index contributed by atoms with van der Waals surface area (Å²) in [6.45, 7) is 5.33. The van der Waals surface area contributed by atoms with Crippen LogP contribution in [0.25, 0.3) is 5.69 Å². The first-order valence-electron chi connectivity index (χ1n) is 7.50. The monoisotopic (exact) mass is 270 g/mol. The predicted molar refractivity (Wildman–Crippen MR) is 79.9 cm³/mol. The van der Waals surface area contributed by atoms with E-state index in [1.165, 1.54) is 6.42 Å². The summed E-state index contributed by atoms with van der Waals surface area (Å²) >= 11 is 0. The van der Waals surface area contributed by atoms with Crippen molar-refractivity contribution in [2.75, 3.05) is 6.54 Å². The van der Waals surface area contributed by atoms with Crippen LogP contribution in [0.1, 0.15) is 44.3 Å². The number of aromatic nitrogens is 3. The zero-order chi connectivity index (χ0) is 14.0. The molecule has 1 aliphatic heterocycles. The second kappa shape index (κ2) is 5.37. The Hall–Kier alpha value is -1.68. The molecule has 4 nitrogen and oxygen atoms in total. The van der Waals surface area contributed by atoms with Crippen LogP contribution < -0.4 is 5.32 Å². The van der Waals surface area contributed by atoms with Crippen LogP contribution in [-0.4, -0.2) is 21.3 Å². The van der Waals surface area contributed by atoms with Crippen LogP contribution in [-0.2, 0) is 5.54 Å². The van der Waals surface area contributed by atoms with Crippen molar-refractivity contribution in [2.45, 2.75) is 45.1 Å². The normalized spacial score (nSPS) is 22.3. The second-order valence-electron chi connectivity index (χ2n) is 5.60. The summed E-state index contributed by atoms with van der Waals surface area (Å²) in [6, 6.07) is 10.4. The molecule has 106 valence electrons. The van der Waals surface area contributed by atoms with Gasteiger partial charge in [0.25, 0.3) is 0 Å². The molecule has 20 heavy (non-hydrogen) atoms. The van der Waals surface area contributed by atoms with Gasteiger partial charge < -0.3 is 5.32 Å². The lowest BCUT2D eigenvalue weighted by Crippen LogP contribution is -2.39. The van der Waals surface area contributed by atoms with Crippen molar-refractivity contribution in [1.29, 1.82) is 0 Å². The number of nitrogens with one attached hydrogen (secondary N) is 1. The van der Waals surface area contributed by atoms with Gasteiger partial charge in [0.05, 0.1) is 5.54 Å². The van der Waals surface area contributed by atoms with E-state index in [0.29, 0.717) is 0 Å². The van der Waals surface area contributed by atoms with Gasteiger partial charge in [0.15, 0.2) is 5.82 Å². The van der Waals surface area contributed by atoms with Gasteiger partial charge in [-0.15, -0.1) is 10.2 Å². The van der Waals surface area contributed by atoms with Crippen LogP contribution in [0.3, 0.4) is 0 Å². The molecule has 0 amide bonds. The third kappa shape index (κ3) is 2.14. The number of benzene rings is 1. The molecule has 1 saturated heterocycles. The van der Waals surface area contributed by atoms with Crippen LogP contribution in [0.5, 0.6) is 0 Å². The van der Waals surface area contributed by atoms with E-state index in [1.807, 2.05) is 13.0 Å². The third-order valence-corrected chi connectivity index (χ3v) is 4.19. The largest absolute Gasteiger partial charge is 0.305 e. The molecule has 1 fully saturated rings. The molecule has 2 heterocycles. The fraction of sp³-hybridized carbons (Fsp3) is 0.500. The molecule has 2 aromatic rings. The lowest BCUT2D eigenvalue weighted by atomic mass is 9.90. The molecule has 1 aromatic heterocycles. The van der Waals surface area contributed by atoms with Crippen molar-refractivity contribution >= 4 is 0 Å². The molecular weight excluding hydrogens is 248 g/mol. The molecule has 1 unspecified atom stereocenters. The van der Waals surface area contributed by atoms with E-state index < -0.39 is 0 Å². The Labute approximate surface area is 120 Å². The lowest BCUT2D eigenvalue weighted by Gasteiger charge is -2.29. The molecular formula is C16H22N4. The molecule has 1 aromatic carbocycles. The highest BCUT2D eigenvalue weighted by Crippen LogP contribution is 2.35. The minimum absolute atomic E-state index is 0.00808. The summed E-state index contributed by atoms with van der Waals surface area (Å²) < 4.78 is 2.20. The Bertz CT molecular complexity index is 567. The fourth-order valence-corrected chi connectivity index (χ4v) is 3.31. The Morgan fingerprint density at radius 1 is 1.25 bits per heavy atom. The zero-order valence-electron chi connectivity index (χ0n) is 12.3. The van der Waals surface area contributed by atoms with Crippen molar-refractivity contribution in [2.24, 2.45) is 0 Å². The topological polar surface area (TPSA) is 42.7 Å². The van der Waals surface area contributed by atoms with Gasteiger partial charge in [0, 0.05) is 5.69 Å². The van der Waals surface area contributed by atoms with Gasteiger partial charge in [-0.2, -0.15) is 0 Å². The number of hydrogen-bond acceptors (Lipinski definition) is 3. The summed E-state index contributed by atoms with van der Waals surface area (Å²) in [5, 5.41) is 12.5. The van der Waals surface area contributed by atoms with Crippen LogP contribution >= 0.6 is 0 Å². The van der Waals surface area contributed by atoms with Gasteiger partial charge in [0.1, 0.15) is 5.82 Å². The van der Waals surface area contributed by atoms with Gasteiger partial charge in [-0.05, 0) is 44.9 Å². The number of aryl methyl sites for hydroxylation is 1. The molecule has 1 atom stereocenters. The molecule has 0 radical (unpaired) electrons. The molecule has 4 heteroatoms. The van der Waals surface area contributed by atoms with Gasteiger partial charge in [-0.1, -0.05) is 31.5 Å².